The fraction of sp³-hybridized carbons (Fsp3) is 0.500. The van der Waals surface area contributed by atoms with Gasteiger partial charge in [-0.05, 0) is 37.0 Å². The van der Waals surface area contributed by atoms with Crippen molar-refractivity contribution in [3.05, 3.63) is 23.8 Å². The predicted molar refractivity (Wildman–Crippen MR) is 60.4 cm³/mol. The number of phenols is 1. The minimum Gasteiger partial charge on any atom is -0.508 e. The Hall–Kier alpha value is -1.47. The van der Waals surface area contributed by atoms with E-state index in [0.717, 1.165) is 31.0 Å². The lowest BCUT2D eigenvalue weighted by Crippen LogP contribution is -2.28. The number of aliphatic hydroxyl groups excluding tert-OH is 1. The highest BCUT2D eigenvalue weighted by atomic mass is 19.4. The number of hydrogen-bond acceptors (Lipinski definition) is 4. The lowest BCUT2D eigenvalue weighted by molar-refractivity contribution is -0.274. The molecule has 0 spiro atoms. The highest BCUT2D eigenvalue weighted by molar-refractivity contribution is 5.41. The number of ether oxygens (including phenoxy) is 1. The Balaban J connectivity index is 2.21. The lowest BCUT2D eigenvalue weighted by atomic mass is 9.98. The van der Waals surface area contributed by atoms with Crippen LogP contribution in [0.5, 0.6) is 11.5 Å². The average molecular weight is 277 g/mol. The smallest absolute Gasteiger partial charge is 0.508 e. The summed E-state index contributed by atoms with van der Waals surface area (Å²) in [6, 6.07) is 2.11. The van der Waals surface area contributed by atoms with Gasteiger partial charge in [0.25, 0.3) is 0 Å². The third-order valence-electron chi connectivity index (χ3n) is 3.06. The molecule has 1 aliphatic rings. The number of aromatic hydroxyl groups is 1. The van der Waals surface area contributed by atoms with E-state index < -0.39 is 24.3 Å². The maximum absolute atomic E-state index is 12.1. The molecule has 0 amide bonds. The van der Waals surface area contributed by atoms with Crippen LogP contribution in [0.1, 0.15) is 24.4 Å². The summed E-state index contributed by atoms with van der Waals surface area (Å²) in [5.74, 6) is -0.693. The summed E-state index contributed by atoms with van der Waals surface area (Å²) in [4.78, 5) is 0. The highest BCUT2D eigenvalue weighted by Crippen LogP contribution is 2.40. The van der Waals surface area contributed by atoms with Crippen LogP contribution in [0.2, 0.25) is 0 Å². The molecule has 1 aliphatic carbocycles. The third kappa shape index (κ3) is 3.51. The molecule has 0 heterocycles. The first-order valence-electron chi connectivity index (χ1n) is 5.80. The standard InChI is InChI=1S/C12H14F3NO3/c13-12(14,15)19-7-3-4-9(17)8(5-7)10(16)11(18)6-1-2-6/h3-6,10-11,17-18H,1-2,16H2/t10-,11+/m0/s1. The van der Waals surface area contributed by atoms with Gasteiger partial charge < -0.3 is 20.7 Å². The maximum Gasteiger partial charge on any atom is 0.573 e. The van der Waals surface area contributed by atoms with Gasteiger partial charge in [0.1, 0.15) is 11.5 Å². The number of benzene rings is 1. The first kappa shape index (κ1) is 14.0. The normalized spacial score (nSPS) is 19.0. The van der Waals surface area contributed by atoms with Gasteiger partial charge in [0.15, 0.2) is 0 Å². The number of phenolic OH excluding ortho intramolecular Hbond substituents is 1. The van der Waals surface area contributed by atoms with E-state index in [1.165, 1.54) is 0 Å². The molecule has 7 heteroatoms. The molecule has 2 atom stereocenters. The molecular formula is C12H14F3NO3. The second kappa shape index (κ2) is 4.90. The van der Waals surface area contributed by atoms with Gasteiger partial charge in [0.2, 0.25) is 0 Å². The van der Waals surface area contributed by atoms with Crippen LogP contribution in [0, 0.1) is 5.92 Å². The van der Waals surface area contributed by atoms with E-state index in [2.05, 4.69) is 4.74 Å². The fourth-order valence-corrected chi connectivity index (χ4v) is 1.91. The third-order valence-corrected chi connectivity index (χ3v) is 3.06. The Morgan fingerprint density at radius 2 is 1.95 bits per heavy atom. The van der Waals surface area contributed by atoms with Crippen LogP contribution in [-0.2, 0) is 0 Å². The van der Waals surface area contributed by atoms with Crippen molar-refractivity contribution in [1.82, 2.24) is 0 Å². The molecule has 0 aliphatic heterocycles. The van der Waals surface area contributed by atoms with Crippen molar-refractivity contribution in [2.24, 2.45) is 11.7 Å². The fourth-order valence-electron chi connectivity index (χ4n) is 1.91. The van der Waals surface area contributed by atoms with Gasteiger partial charge in [-0.3, -0.25) is 0 Å². The molecule has 19 heavy (non-hydrogen) atoms. The van der Waals surface area contributed by atoms with Crippen LogP contribution in [0.3, 0.4) is 0 Å². The molecule has 1 aromatic carbocycles. The van der Waals surface area contributed by atoms with Crippen molar-refractivity contribution in [2.45, 2.75) is 31.3 Å². The second-order valence-electron chi connectivity index (χ2n) is 4.62. The monoisotopic (exact) mass is 277 g/mol. The maximum atomic E-state index is 12.1. The van der Waals surface area contributed by atoms with Gasteiger partial charge in [-0.25, -0.2) is 0 Å². The number of alkyl halides is 3. The number of hydrogen-bond donors (Lipinski definition) is 3. The minimum absolute atomic E-state index is 0.0427. The van der Waals surface area contributed by atoms with Crippen molar-refractivity contribution in [2.75, 3.05) is 0 Å². The first-order valence-corrected chi connectivity index (χ1v) is 5.80. The summed E-state index contributed by atoms with van der Waals surface area (Å²) >= 11 is 0. The van der Waals surface area contributed by atoms with Gasteiger partial charge in [-0.15, -0.1) is 13.2 Å². The van der Waals surface area contributed by atoms with Crippen molar-refractivity contribution in [3.8, 4) is 11.5 Å². The number of rotatable bonds is 4. The minimum atomic E-state index is -4.81. The van der Waals surface area contributed by atoms with Crippen molar-refractivity contribution in [3.63, 3.8) is 0 Å². The molecule has 0 bridgehead atoms. The van der Waals surface area contributed by atoms with Crippen molar-refractivity contribution in [1.29, 1.82) is 0 Å². The quantitative estimate of drug-likeness (QED) is 0.787. The van der Waals surface area contributed by atoms with E-state index in [1.807, 2.05) is 0 Å². The zero-order valence-corrected chi connectivity index (χ0v) is 9.89. The van der Waals surface area contributed by atoms with Crippen molar-refractivity contribution < 1.29 is 28.1 Å². The topological polar surface area (TPSA) is 75.7 Å². The number of nitrogens with two attached hydrogens (primary N) is 1. The van der Waals surface area contributed by atoms with Crippen LogP contribution < -0.4 is 10.5 Å². The summed E-state index contributed by atoms with van der Waals surface area (Å²) in [5.41, 5.74) is 5.81. The molecule has 106 valence electrons. The Labute approximate surface area is 107 Å². The molecule has 0 radical (unpaired) electrons. The average Bonchev–Trinajstić information content (AvgIpc) is 3.12. The summed E-state index contributed by atoms with van der Waals surface area (Å²) < 4.78 is 40.1. The van der Waals surface area contributed by atoms with Crippen LogP contribution in [0.4, 0.5) is 13.2 Å². The molecule has 0 unspecified atom stereocenters. The summed E-state index contributed by atoms with van der Waals surface area (Å²) in [6.07, 6.45) is -4.04. The van der Waals surface area contributed by atoms with E-state index in [0.29, 0.717) is 0 Å². The summed E-state index contributed by atoms with van der Waals surface area (Å²) in [6.45, 7) is 0. The first-order chi connectivity index (χ1) is 8.78. The van der Waals surface area contributed by atoms with E-state index in [1.54, 1.807) is 0 Å². The highest BCUT2D eigenvalue weighted by Gasteiger charge is 2.36. The molecule has 0 saturated heterocycles. The van der Waals surface area contributed by atoms with Gasteiger partial charge in [-0.1, -0.05) is 0 Å². The number of aliphatic hydroxyl groups is 1. The molecule has 2 rings (SSSR count). The van der Waals surface area contributed by atoms with Crippen LogP contribution >= 0.6 is 0 Å². The van der Waals surface area contributed by atoms with E-state index >= 15 is 0 Å². The Bertz CT molecular complexity index is 460. The Kier molecular flexibility index (Phi) is 3.60. The van der Waals surface area contributed by atoms with Crippen molar-refractivity contribution >= 4 is 0 Å². The summed E-state index contributed by atoms with van der Waals surface area (Å²) in [7, 11) is 0. The molecule has 4 N–H and O–H groups in total. The van der Waals surface area contributed by atoms with Gasteiger partial charge in [0.05, 0.1) is 12.1 Å². The predicted octanol–water partition coefficient (Wildman–Crippen LogP) is 2.06. The van der Waals surface area contributed by atoms with E-state index in [4.69, 9.17) is 5.73 Å². The zero-order valence-electron chi connectivity index (χ0n) is 9.89. The van der Waals surface area contributed by atoms with Gasteiger partial charge in [0, 0.05) is 5.56 Å². The van der Waals surface area contributed by atoms with Crippen LogP contribution in [-0.4, -0.2) is 22.7 Å². The van der Waals surface area contributed by atoms with Gasteiger partial charge >= 0.3 is 6.36 Å². The molecule has 1 aromatic rings. The summed E-state index contributed by atoms with van der Waals surface area (Å²) in [5, 5.41) is 19.5. The van der Waals surface area contributed by atoms with E-state index in [-0.39, 0.29) is 17.2 Å². The molecule has 1 saturated carbocycles. The molecular weight excluding hydrogens is 263 g/mol. The van der Waals surface area contributed by atoms with Crippen LogP contribution in [0.15, 0.2) is 18.2 Å². The Morgan fingerprint density at radius 3 is 2.47 bits per heavy atom. The Morgan fingerprint density at radius 1 is 1.32 bits per heavy atom. The molecule has 0 aromatic heterocycles. The second-order valence-corrected chi connectivity index (χ2v) is 4.62. The number of halogens is 3. The SMILES string of the molecule is N[C@@H](c1cc(OC(F)(F)F)ccc1O)[C@H](O)C1CC1. The molecule has 1 fully saturated rings. The van der Waals surface area contributed by atoms with Crippen LogP contribution in [0.25, 0.3) is 0 Å². The largest absolute Gasteiger partial charge is 0.573 e. The van der Waals surface area contributed by atoms with E-state index in [9.17, 15) is 23.4 Å². The zero-order chi connectivity index (χ0) is 14.2. The van der Waals surface area contributed by atoms with Gasteiger partial charge in [-0.2, -0.15) is 0 Å². The lowest BCUT2D eigenvalue weighted by Gasteiger charge is -2.20. The molecule has 4 nitrogen and oxygen atoms in total.